The SMILES string of the molecule is C[N+](C)(CCC(=O)OCc1ccccc1)CCC(=O)OCc1ccccc1.O=C(CCBr)OCc1ccccc1. The Bertz CT molecular complexity index is 1080. The van der Waals surface area contributed by atoms with Gasteiger partial charge in [0.1, 0.15) is 19.8 Å². The van der Waals surface area contributed by atoms with Crippen LogP contribution in [0, 0.1) is 0 Å². The Labute approximate surface area is 245 Å². The largest absolute Gasteiger partial charge is 0.461 e. The first-order valence-corrected chi connectivity index (χ1v) is 14.4. The summed E-state index contributed by atoms with van der Waals surface area (Å²) in [7, 11) is 3.99. The third-order valence-corrected chi connectivity index (χ3v) is 6.27. The minimum absolute atomic E-state index is 0.166. The normalized spacial score (nSPS) is 10.6. The van der Waals surface area contributed by atoms with Crippen molar-refractivity contribution in [2.45, 2.75) is 39.1 Å². The molecule has 0 amide bonds. The van der Waals surface area contributed by atoms with Gasteiger partial charge < -0.3 is 18.7 Å². The van der Waals surface area contributed by atoms with E-state index in [9.17, 15) is 14.4 Å². The first-order chi connectivity index (χ1) is 19.3. The molecule has 0 unspecified atom stereocenters. The lowest BCUT2D eigenvalue weighted by Crippen LogP contribution is -2.43. The molecule has 0 N–H and O–H groups in total. The lowest BCUT2D eigenvalue weighted by atomic mass is 10.2. The number of quaternary nitrogens is 1. The van der Waals surface area contributed by atoms with Crippen LogP contribution in [0.1, 0.15) is 36.0 Å². The van der Waals surface area contributed by atoms with Crippen molar-refractivity contribution in [3.63, 3.8) is 0 Å². The van der Waals surface area contributed by atoms with Gasteiger partial charge in [-0.15, -0.1) is 0 Å². The number of benzene rings is 3. The number of carbonyl (C=O) groups is 3. The van der Waals surface area contributed by atoms with Crippen LogP contribution in [0.25, 0.3) is 0 Å². The predicted octanol–water partition coefficient (Wildman–Crippen LogP) is 5.84. The summed E-state index contributed by atoms with van der Waals surface area (Å²) >= 11 is 3.18. The number of nitrogens with zero attached hydrogens (tertiary/aromatic N) is 1. The van der Waals surface area contributed by atoms with Crippen LogP contribution < -0.4 is 0 Å². The Morgan fingerprint density at radius 1 is 0.550 bits per heavy atom. The van der Waals surface area contributed by atoms with Crippen molar-refractivity contribution in [1.82, 2.24) is 0 Å². The van der Waals surface area contributed by atoms with E-state index in [4.69, 9.17) is 14.2 Å². The summed E-state index contributed by atoms with van der Waals surface area (Å²) in [5, 5.41) is 0.653. The van der Waals surface area contributed by atoms with Gasteiger partial charge in [-0.1, -0.05) is 107 Å². The van der Waals surface area contributed by atoms with Crippen molar-refractivity contribution in [2.75, 3.05) is 32.5 Å². The van der Waals surface area contributed by atoms with Gasteiger partial charge in [0.2, 0.25) is 0 Å². The Hall–Kier alpha value is -3.49. The zero-order valence-electron chi connectivity index (χ0n) is 23.3. The molecular weight excluding hydrogens is 574 g/mol. The van der Waals surface area contributed by atoms with E-state index in [1.807, 2.05) is 105 Å². The van der Waals surface area contributed by atoms with E-state index in [0.29, 0.717) is 62.0 Å². The third kappa shape index (κ3) is 15.2. The van der Waals surface area contributed by atoms with Crippen molar-refractivity contribution in [3.05, 3.63) is 108 Å². The standard InChI is InChI=1S/C22H28NO4.C10H11BrO2/c1-23(2,15-13-21(24)26-17-19-9-5-3-6-10-19)16-14-22(25)27-18-20-11-7-4-8-12-20;11-7-6-10(12)13-8-9-4-2-1-3-5-9/h3-12H,13-18H2,1-2H3;1-5H,6-8H2/q+1;. The van der Waals surface area contributed by atoms with Crippen LogP contribution in [0.3, 0.4) is 0 Å². The average molecular weight is 614 g/mol. The summed E-state index contributed by atoms with van der Waals surface area (Å²) in [5.41, 5.74) is 2.96. The molecule has 0 heterocycles. The Morgan fingerprint density at radius 2 is 0.850 bits per heavy atom. The van der Waals surface area contributed by atoms with E-state index in [1.165, 1.54) is 0 Å². The number of rotatable bonds is 14. The molecular formula is C32H39BrNO6+. The molecule has 214 valence electrons. The quantitative estimate of drug-likeness (QED) is 0.0984. The monoisotopic (exact) mass is 612 g/mol. The van der Waals surface area contributed by atoms with Gasteiger partial charge in [-0.2, -0.15) is 0 Å². The Balaban J connectivity index is 0.000000360. The van der Waals surface area contributed by atoms with Crippen LogP contribution in [0.15, 0.2) is 91.0 Å². The van der Waals surface area contributed by atoms with Gasteiger partial charge in [-0.3, -0.25) is 14.4 Å². The van der Waals surface area contributed by atoms with Crippen molar-refractivity contribution in [1.29, 1.82) is 0 Å². The second-order valence-corrected chi connectivity index (χ2v) is 10.6. The minimum Gasteiger partial charge on any atom is -0.461 e. The second-order valence-electron chi connectivity index (χ2n) is 9.76. The molecule has 0 bridgehead atoms. The number of alkyl halides is 1. The maximum absolute atomic E-state index is 11.9. The molecule has 0 spiro atoms. The second kappa shape index (κ2) is 18.7. The van der Waals surface area contributed by atoms with Gasteiger partial charge in [-0.05, 0) is 16.7 Å². The molecule has 7 nitrogen and oxygen atoms in total. The Kier molecular flexibility index (Phi) is 15.3. The van der Waals surface area contributed by atoms with Gasteiger partial charge in [0.15, 0.2) is 0 Å². The third-order valence-electron chi connectivity index (χ3n) is 5.87. The highest BCUT2D eigenvalue weighted by atomic mass is 79.9. The lowest BCUT2D eigenvalue weighted by Gasteiger charge is -2.29. The number of halogens is 1. The fraction of sp³-hybridized carbons (Fsp3) is 0.344. The number of esters is 3. The van der Waals surface area contributed by atoms with E-state index in [1.54, 1.807) is 0 Å². The van der Waals surface area contributed by atoms with Gasteiger partial charge in [0.25, 0.3) is 0 Å². The topological polar surface area (TPSA) is 78.9 Å². The molecule has 0 aliphatic carbocycles. The lowest BCUT2D eigenvalue weighted by molar-refractivity contribution is -0.889. The molecule has 0 saturated heterocycles. The van der Waals surface area contributed by atoms with Crippen LogP contribution in [0.2, 0.25) is 0 Å². The van der Waals surface area contributed by atoms with Crippen molar-refractivity contribution in [3.8, 4) is 0 Å². The smallest absolute Gasteiger partial charge is 0.311 e. The zero-order valence-corrected chi connectivity index (χ0v) is 24.9. The zero-order chi connectivity index (χ0) is 29.1. The molecule has 3 rings (SSSR count). The van der Waals surface area contributed by atoms with E-state index >= 15 is 0 Å². The molecule has 0 saturated carbocycles. The van der Waals surface area contributed by atoms with E-state index in [-0.39, 0.29) is 17.9 Å². The fourth-order valence-electron chi connectivity index (χ4n) is 3.41. The molecule has 0 radical (unpaired) electrons. The molecule has 40 heavy (non-hydrogen) atoms. The van der Waals surface area contributed by atoms with Gasteiger partial charge in [0, 0.05) is 5.33 Å². The summed E-state index contributed by atoms with van der Waals surface area (Å²) in [5.74, 6) is -0.617. The minimum atomic E-state index is -0.225. The summed E-state index contributed by atoms with van der Waals surface area (Å²) < 4.78 is 16.1. The molecule has 0 aromatic heterocycles. The van der Waals surface area contributed by atoms with Gasteiger partial charge in [0.05, 0.1) is 46.4 Å². The molecule has 0 aliphatic rings. The first-order valence-electron chi connectivity index (χ1n) is 13.2. The number of ether oxygens (including phenoxy) is 3. The van der Waals surface area contributed by atoms with E-state index < -0.39 is 0 Å². The molecule has 3 aromatic rings. The highest BCUT2D eigenvalue weighted by molar-refractivity contribution is 9.09. The predicted molar refractivity (Wildman–Crippen MR) is 158 cm³/mol. The molecule has 3 aromatic carbocycles. The average Bonchev–Trinajstić information content (AvgIpc) is 2.98. The van der Waals surface area contributed by atoms with Crippen molar-refractivity contribution in [2.24, 2.45) is 0 Å². The van der Waals surface area contributed by atoms with E-state index in [2.05, 4.69) is 15.9 Å². The summed E-state index contributed by atoms with van der Waals surface area (Å²) in [6, 6.07) is 28.9. The Morgan fingerprint density at radius 3 is 1.15 bits per heavy atom. The van der Waals surface area contributed by atoms with Gasteiger partial charge >= 0.3 is 17.9 Å². The highest BCUT2D eigenvalue weighted by Crippen LogP contribution is 2.07. The van der Waals surface area contributed by atoms with E-state index in [0.717, 1.165) is 16.7 Å². The van der Waals surface area contributed by atoms with Crippen molar-refractivity contribution >= 4 is 33.8 Å². The van der Waals surface area contributed by atoms with Gasteiger partial charge in [-0.25, -0.2) is 0 Å². The molecule has 0 aliphatic heterocycles. The van der Waals surface area contributed by atoms with Crippen LogP contribution in [-0.2, 0) is 48.4 Å². The van der Waals surface area contributed by atoms with Crippen LogP contribution in [0.5, 0.6) is 0 Å². The summed E-state index contributed by atoms with van der Waals surface area (Å²) in [6.07, 6.45) is 1.06. The summed E-state index contributed by atoms with van der Waals surface area (Å²) in [4.78, 5) is 34.8. The molecule has 0 fully saturated rings. The first kappa shape index (κ1) is 32.7. The number of carbonyl (C=O) groups excluding carboxylic acids is 3. The summed E-state index contributed by atoms with van der Waals surface area (Å²) in [6.45, 7) is 2.17. The fourth-order valence-corrected chi connectivity index (χ4v) is 3.73. The number of hydrogen-bond donors (Lipinski definition) is 0. The highest BCUT2D eigenvalue weighted by Gasteiger charge is 2.20. The maximum atomic E-state index is 11.9. The van der Waals surface area contributed by atoms with Crippen LogP contribution >= 0.6 is 15.9 Å². The van der Waals surface area contributed by atoms with Crippen LogP contribution in [0.4, 0.5) is 0 Å². The molecule has 0 atom stereocenters. The maximum Gasteiger partial charge on any atom is 0.311 e. The van der Waals surface area contributed by atoms with Crippen LogP contribution in [-0.4, -0.2) is 54.9 Å². The van der Waals surface area contributed by atoms with Crippen molar-refractivity contribution < 1.29 is 33.1 Å². The number of hydrogen-bond acceptors (Lipinski definition) is 6. The molecule has 8 heteroatoms.